The molecule has 1 aromatic carbocycles. The summed E-state index contributed by atoms with van der Waals surface area (Å²) in [5, 5.41) is 11.0. The smallest absolute Gasteiger partial charge is 0.278 e. The van der Waals surface area contributed by atoms with E-state index < -0.39 is 0 Å². The number of fused-ring (bicyclic) bond motifs is 1. The van der Waals surface area contributed by atoms with Crippen LogP contribution < -0.4 is 10.9 Å². The fourth-order valence-electron chi connectivity index (χ4n) is 1.94. The molecule has 2 rings (SSSR count). The van der Waals surface area contributed by atoms with Gasteiger partial charge in [-0.25, -0.2) is 4.68 Å². The van der Waals surface area contributed by atoms with E-state index in [4.69, 9.17) is 0 Å². The molecule has 0 saturated carbocycles. The minimum Gasteiger partial charge on any atom is -0.354 e. The first-order chi connectivity index (χ1) is 10.1. The van der Waals surface area contributed by atoms with E-state index >= 15 is 0 Å². The van der Waals surface area contributed by atoms with Crippen molar-refractivity contribution >= 4 is 16.8 Å². The number of carbonyl (C=O) groups excluding carboxylic acids is 1. The van der Waals surface area contributed by atoms with Gasteiger partial charge in [0.25, 0.3) is 5.56 Å². The van der Waals surface area contributed by atoms with Crippen LogP contribution in [0.4, 0.5) is 0 Å². The average Bonchev–Trinajstić information content (AvgIpc) is 2.47. The van der Waals surface area contributed by atoms with E-state index in [1.54, 1.807) is 24.3 Å². The number of nitrogens with zero attached hydrogens (tertiary/aromatic N) is 4. The van der Waals surface area contributed by atoms with Crippen LogP contribution in [0, 0.1) is 0 Å². The zero-order valence-corrected chi connectivity index (χ0v) is 12.2. The van der Waals surface area contributed by atoms with Crippen molar-refractivity contribution in [1.29, 1.82) is 0 Å². The molecule has 1 amide bonds. The van der Waals surface area contributed by atoms with Crippen molar-refractivity contribution in [1.82, 2.24) is 25.2 Å². The van der Waals surface area contributed by atoms with Crippen LogP contribution in [0.15, 0.2) is 29.1 Å². The van der Waals surface area contributed by atoms with E-state index in [0.29, 0.717) is 17.4 Å². The number of carbonyl (C=O) groups is 1. The molecule has 1 aromatic heterocycles. The van der Waals surface area contributed by atoms with Gasteiger partial charge in [-0.15, -0.1) is 5.10 Å². The molecule has 0 fully saturated rings. The fraction of sp³-hybridized carbons (Fsp3) is 0.429. The molecule has 7 nitrogen and oxygen atoms in total. The van der Waals surface area contributed by atoms with Crippen LogP contribution in [-0.2, 0) is 11.3 Å². The van der Waals surface area contributed by atoms with Gasteiger partial charge in [0.15, 0.2) is 0 Å². The van der Waals surface area contributed by atoms with Crippen molar-refractivity contribution in [2.24, 2.45) is 0 Å². The Kier molecular flexibility index (Phi) is 4.99. The number of benzene rings is 1. The van der Waals surface area contributed by atoms with Crippen LogP contribution in [-0.4, -0.2) is 53.0 Å². The molecular formula is C14H19N5O2. The quantitative estimate of drug-likeness (QED) is 0.749. The second-order valence-electron chi connectivity index (χ2n) is 5.08. The minimum atomic E-state index is -0.302. The Balaban J connectivity index is 1.98. The van der Waals surface area contributed by atoms with Gasteiger partial charge in [0.2, 0.25) is 5.91 Å². The Bertz CT molecular complexity index is 680. The number of nitrogens with one attached hydrogen (secondary N) is 1. The van der Waals surface area contributed by atoms with Gasteiger partial charge in [0.05, 0.1) is 5.39 Å². The lowest BCUT2D eigenvalue weighted by atomic mass is 10.2. The molecule has 112 valence electrons. The van der Waals surface area contributed by atoms with Gasteiger partial charge in [0.1, 0.15) is 12.1 Å². The highest BCUT2D eigenvalue weighted by atomic mass is 16.2. The highest BCUT2D eigenvalue weighted by Crippen LogP contribution is 2.02. The summed E-state index contributed by atoms with van der Waals surface area (Å²) in [4.78, 5) is 26.0. The van der Waals surface area contributed by atoms with Gasteiger partial charge in [-0.2, -0.15) is 0 Å². The van der Waals surface area contributed by atoms with E-state index in [9.17, 15) is 9.59 Å². The second-order valence-corrected chi connectivity index (χ2v) is 5.08. The molecule has 0 unspecified atom stereocenters. The zero-order valence-electron chi connectivity index (χ0n) is 12.2. The maximum atomic E-state index is 12.2. The zero-order chi connectivity index (χ0) is 15.2. The molecule has 21 heavy (non-hydrogen) atoms. The molecule has 1 N–H and O–H groups in total. The normalized spacial score (nSPS) is 11.0. The summed E-state index contributed by atoms with van der Waals surface area (Å²) in [5.74, 6) is -0.236. The molecule has 1 heterocycles. The third-order valence-electron chi connectivity index (χ3n) is 3.03. The summed E-state index contributed by atoms with van der Waals surface area (Å²) in [7, 11) is 3.96. The first-order valence-electron chi connectivity index (χ1n) is 6.82. The molecule has 0 aliphatic heterocycles. The predicted octanol–water partition coefficient (Wildman–Crippen LogP) is -0.141. The van der Waals surface area contributed by atoms with Crippen LogP contribution in [0.5, 0.6) is 0 Å². The van der Waals surface area contributed by atoms with Crippen LogP contribution in [0.3, 0.4) is 0 Å². The lowest BCUT2D eigenvalue weighted by molar-refractivity contribution is -0.121. The molecular weight excluding hydrogens is 270 g/mol. The summed E-state index contributed by atoms with van der Waals surface area (Å²) in [5.41, 5.74) is 0.231. The van der Waals surface area contributed by atoms with Gasteiger partial charge in [-0.05, 0) is 39.2 Å². The van der Waals surface area contributed by atoms with Gasteiger partial charge in [-0.1, -0.05) is 17.3 Å². The molecule has 0 radical (unpaired) electrons. The maximum absolute atomic E-state index is 12.2. The van der Waals surface area contributed by atoms with Crippen LogP contribution in [0.25, 0.3) is 10.9 Å². The molecule has 2 aromatic rings. The maximum Gasteiger partial charge on any atom is 0.278 e. The molecule has 7 heteroatoms. The van der Waals surface area contributed by atoms with Crippen molar-refractivity contribution in [3.8, 4) is 0 Å². The highest BCUT2D eigenvalue weighted by molar-refractivity contribution is 5.78. The van der Waals surface area contributed by atoms with Gasteiger partial charge in [0, 0.05) is 6.54 Å². The van der Waals surface area contributed by atoms with E-state index in [1.807, 2.05) is 19.0 Å². The van der Waals surface area contributed by atoms with Crippen LogP contribution in [0.2, 0.25) is 0 Å². The Labute approximate surface area is 122 Å². The number of amides is 1. The number of hydrogen-bond donors (Lipinski definition) is 1. The molecule has 0 atom stereocenters. The topological polar surface area (TPSA) is 80.1 Å². The van der Waals surface area contributed by atoms with E-state index in [2.05, 4.69) is 15.6 Å². The molecule has 0 bridgehead atoms. The summed E-state index contributed by atoms with van der Waals surface area (Å²) in [6, 6.07) is 6.95. The Morgan fingerprint density at radius 1 is 1.33 bits per heavy atom. The third-order valence-corrected chi connectivity index (χ3v) is 3.03. The summed E-state index contributed by atoms with van der Waals surface area (Å²) < 4.78 is 1.09. The predicted molar refractivity (Wildman–Crippen MR) is 80.0 cm³/mol. The largest absolute Gasteiger partial charge is 0.354 e. The van der Waals surface area contributed by atoms with Gasteiger partial charge < -0.3 is 10.2 Å². The lowest BCUT2D eigenvalue weighted by Crippen LogP contribution is -2.35. The van der Waals surface area contributed by atoms with Crippen LogP contribution >= 0.6 is 0 Å². The van der Waals surface area contributed by atoms with Crippen molar-refractivity contribution in [2.75, 3.05) is 27.2 Å². The lowest BCUT2D eigenvalue weighted by Gasteiger charge is -2.10. The monoisotopic (exact) mass is 289 g/mol. The average molecular weight is 289 g/mol. The van der Waals surface area contributed by atoms with Crippen molar-refractivity contribution in [3.05, 3.63) is 34.6 Å². The molecule has 0 aliphatic rings. The van der Waals surface area contributed by atoms with E-state index in [-0.39, 0.29) is 18.0 Å². The van der Waals surface area contributed by atoms with Crippen molar-refractivity contribution in [2.45, 2.75) is 13.0 Å². The van der Waals surface area contributed by atoms with Crippen LogP contribution in [0.1, 0.15) is 6.42 Å². The standard InChI is InChI=1S/C14H19N5O2/c1-18(2)9-5-8-15-13(20)10-19-14(21)11-6-3-4-7-12(11)16-17-19/h3-4,6-7H,5,8-10H2,1-2H3,(H,15,20). The third kappa shape index (κ3) is 4.09. The van der Waals surface area contributed by atoms with Crippen molar-refractivity contribution in [3.63, 3.8) is 0 Å². The highest BCUT2D eigenvalue weighted by Gasteiger charge is 2.08. The van der Waals surface area contributed by atoms with E-state index in [0.717, 1.165) is 17.6 Å². The Morgan fingerprint density at radius 2 is 2.10 bits per heavy atom. The Hall–Kier alpha value is -2.28. The molecule has 0 spiro atoms. The number of hydrogen-bond acceptors (Lipinski definition) is 5. The fourth-order valence-corrected chi connectivity index (χ4v) is 1.94. The summed E-state index contributed by atoms with van der Waals surface area (Å²) in [6.45, 7) is 1.36. The number of aromatic nitrogens is 3. The summed E-state index contributed by atoms with van der Waals surface area (Å²) >= 11 is 0. The summed E-state index contributed by atoms with van der Waals surface area (Å²) in [6.07, 6.45) is 0.858. The Morgan fingerprint density at radius 3 is 2.86 bits per heavy atom. The minimum absolute atomic E-state index is 0.112. The molecule has 0 aliphatic carbocycles. The second kappa shape index (κ2) is 6.94. The SMILES string of the molecule is CN(C)CCCNC(=O)Cn1nnc2ccccc2c1=O. The number of rotatable bonds is 6. The van der Waals surface area contributed by atoms with Gasteiger partial charge in [-0.3, -0.25) is 9.59 Å². The first kappa shape index (κ1) is 15.1. The van der Waals surface area contributed by atoms with Crippen molar-refractivity contribution < 1.29 is 4.79 Å². The molecule has 0 saturated heterocycles. The first-order valence-corrected chi connectivity index (χ1v) is 6.82. The van der Waals surface area contributed by atoms with E-state index in [1.165, 1.54) is 0 Å². The van der Waals surface area contributed by atoms with Gasteiger partial charge >= 0.3 is 0 Å².